The molecule has 0 spiro atoms. The highest BCUT2D eigenvalue weighted by atomic mass is 79.9. The smallest absolute Gasteiger partial charge is 0.0513 e. The number of halogens is 1. The monoisotopic (exact) mass is 310 g/mol. The third-order valence-electron chi connectivity index (χ3n) is 3.68. The molecule has 1 aliphatic heterocycles. The van der Waals surface area contributed by atoms with Gasteiger partial charge < -0.3 is 10.2 Å². The summed E-state index contributed by atoms with van der Waals surface area (Å²) < 4.78 is 1.20. The highest BCUT2D eigenvalue weighted by Gasteiger charge is 2.28. The zero-order chi connectivity index (χ0) is 13.3. The Labute approximate surface area is 119 Å². The molecule has 3 heteroatoms. The maximum Gasteiger partial charge on any atom is 0.0513 e. The van der Waals surface area contributed by atoms with E-state index in [0.29, 0.717) is 6.04 Å². The Kier molecular flexibility index (Phi) is 4.02. The predicted molar refractivity (Wildman–Crippen MR) is 82.4 cm³/mol. The molecule has 1 saturated heterocycles. The van der Waals surface area contributed by atoms with Gasteiger partial charge in [-0.05, 0) is 74.3 Å². The molecule has 1 aromatic carbocycles. The van der Waals surface area contributed by atoms with E-state index in [4.69, 9.17) is 0 Å². The highest BCUT2D eigenvalue weighted by Crippen LogP contribution is 2.31. The van der Waals surface area contributed by atoms with E-state index in [1.165, 1.54) is 22.1 Å². The standard InChI is InChI=1S/C15H23BrN2/c1-11-5-6-14(13(16)9-11)18-10-15(3,4)17-8-7-12(18)2/h5-6,9,12,17H,7-8,10H2,1-4H3. The van der Waals surface area contributed by atoms with E-state index in [1.54, 1.807) is 0 Å². The summed E-state index contributed by atoms with van der Waals surface area (Å²) in [7, 11) is 0. The number of benzene rings is 1. The second-order valence-corrected chi connectivity index (χ2v) is 6.89. The van der Waals surface area contributed by atoms with Gasteiger partial charge in [0, 0.05) is 22.6 Å². The summed E-state index contributed by atoms with van der Waals surface area (Å²) in [4.78, 5) is 2.52. The Morgan fingerprint density at radius 1 is 1.39 bits per heavy atom. The van der Waals surface area contributed by atoms with Gasteiger partial charge in [0.15, 0.2) is 0 Å². The molecule has 100 valence electrons. The molecule has 1 aromatic rings. The van der Waals surface area contributed by atoms with Gasteiger partial charge in [-0.25, -0.2) is 0 Å². The molecule has 0 bridgehead atoms. The van der Waals surface area contributed by atoms with E-state index in [1.807, 2.05) is 0 Å². The van der Waals surface area contributed by atoms with Crippen molar-refractivity contribution in [1.29, 1.82) is 0 Å². The summed E-state index contributed by atoms with van der Waals surface area (Å²) in [6, 6.07) is 7.20. The van der Waals surface area contributed by atoms with Crippen molar-refractivity contribution < 1.29 is 0 Å². The van der Waals surface area contributed by atoms with E-state index in [9.17, 15) is 0 Å². The average Bonchev–Trinajstić information content (AvgIpc) is 2.38. The second-order valence-electron chi connectivity index (χ2n) is 6.03. The van der Waals surface area contributed by atoms with Gasteiger partial charge >= 0.3 is 0 Å². The van der Waals surface area contributed by atoms with Gasteiger partial charge in [-0.2, -0.15) is 0 Å². The minimum atomic E-state index is 0.162. The molecule has 1 N–H and O–H groups in total. The van der Waals surface area contributed by atoms with Crippen LogP contribution < -0.4 is 10.2 Å². The lowest BCUT2D eigenvalue weighted by atomic mass is 10.0. The largest absolute Gasteiger partial charge is 0.366 e. The van der Waals surface area contributed by atoms with Crippen LogP contribution in [0.15, 0.2) is 22.7 Å². The highest BCUT2D eigenvalue weighted by molar-refractivity contribution is 9.10. The van der Waals surface area contributed by atoms with Crippen molar-refractivity contribution in [1.82, 2.24) is 5.32 Å². The Bertz CT molecular complexity index is 429. The van der Waals surface area contributed by atoms with Crippen molar-refractivity contribution in [2.45, 2.75) is 45.7 Å². The fourth-order valence-corrected chi connectivity index (χ4v) is 3.30. The van der Waals surface area contributed by atoms with Gasteiger partial charge in [0.2, 0.25) is 0 Å². The minimum Gasteiger partial charge on any atom is -0.366 e. The molecule has 18 heavy (non-hydrogen) atoms. The van der Waals surface area contributed by atoms with Crippen molar-refractivity contribution in [2.75, 3.05) is 18.0 Å². The van der Waals surface area contributed by atoms with Crippen LogP contribution >= 0.6 is 15.9 Å². The van der Waals surface area contributed by atoms with Crippen molar-refractivity contribution in [3.05, 3.63) is 28.2 Å². The van der Waals surface area contributed by atoms with Crippen molar-refractivity contribution in [3.8, 4) is 0 Å². The van der Waals surface area contributed by atoms with E-state index >= 15 is 0 Å². The summed E-state index contributed by atoms with van der Waals surface area (Å²) in [5.74, 6) is 0. The lowest BCUT2D eigenvalue weighted by Gasteiger charge is -2.35. The Balaban J connectivity index is 2.33. The van der Waals surface area contributed by atoms with Crippen LogP contribution in [0, 0.1) is 6.92 Å². The molecular formula is C15H23BrN2. The number of nitrogens with zero attached hydrogens (tertiary/aromatic N) is 1. The SMILES string of the molecule is Cc1ccc(N2CC(C)(C)NCCC2C)c(Br)c1. The Hall–Kier alpha value is -0.540. The van der Waals surface area contributed by atoms with Crippen LogP contribution in [0.1, 0.15) is 32.8 Å². The van der Waals surface area contributed by atoms with Crippen molar-refractivity contribution in [2.24, 2.45) is 0 Å². The number of rotatable bonds is 1. The van der Waals surface area contributed by atoms with Crippen molar-refractivity contribution in [3.63, 3.8) is 0 Å². The molecule has 1 fully saturated rings. The molecule has 0 amide bonds. The molecule has 0 saturated carbocycles. The fraction of sp³-hybridized carbons (Fsp3) is 0.600. The molecule has 1 aliphatic rings. The summed E-state index contributed by atoms with van der Waals surface area (Å²) in [6.45, 7) is 11.1. The lowest BCUT2D eigenvalue weighted by Crippen LogP contribution is -2.47. The maximum absolute atomic E-state index is 3.71. The molecule has 2 nitrogen and oxygen atoms in total. The molecule has 2 rings (SSSR count). The van der Waals surface area contributed by atoms with E-state index in [0.717, 1.165) is 13.1 Å². The predicted octanol–water partition coefficient (Wildman–Crippen LogP) is 3.72. The van der Waals surface area contributed by atoms with Gasteiger partial charge in [-0.15, -0.1) is 0 Å². The summed E-state index contributed by atoms with van der Waals surface area (Å²) in [5.41, 5.74) is 2.77. The zero-order valence-corrected chi connectivity index (χ0v) is 13.3. The molecule has 1 atom stereocenters. The molecule has 0 aliphatic carbocycles. The Morgan fingerprint density at radius 3 is 2.78 bits per heavy atom. The molecule has 0 radical (unpaired) electrons. The number of hydrogen-bond acceptors (Lipinski definition) is 2. The fourth-order valence-electron chi connectivity index (χ4n) is 2.58. The summed E-state index contributed by atoms with van der Waals surface area (Å²) >= 11 is 3.71. The van der Waals surface area contributed by atoms with Gasteiger partial charge in [-0.3, -0.25) is 0 Å². The maximum atomic E-state index is 3.71. The second kappa shape index (κ2) is 5.22. The molecular weight excluding hydrogens is 288 g/mol. The van der Waals surface area contributed by atoms with E-state index in [-0.39, 0.29) is 5.54 Å². The quantitative estimate of drug-likeness (QED) is 0.850. The van der Waals surface area contributed by atoms with Gasteiger partial charge in [0.05, 0.1) is 5.69 Å². The third-order valence-corrected chi connectivity index (χ3v) is 4.31. The van der Waals surface area contributed by atoms with Crippen LogP contribution in [0.25, 0.3) is 0 Å². The van der Waals surface area contributed by atoms with Crippen LogP contribution in [0.4, 0.5) is 5.69 Å². The number of aryl methyl sites for hydroxylation is 1. The van der Waals surface area contributed by atoms with Gasteiger partial charge in [0.1, 0.15) is 0 Å². The first-order valence-corrected chi connectivity index (χ1v) is 7.46. The lowest BCUT2D eigenvalue weighted by molar-refractivity contribution is 0.415. The van der Waals surface area contributed by atoms with Crippen LogP contribution in [-0.4, -0.2) is 24.7 Å². The minimum absolute atomic E-state index is 0.162. The average molecular weight is 311 g/mol. The van der Waals surface area contributed by atoms with E-state index < -0.39 is 0 Å². The first-order valence-electron chi connectivity index (χ1n) is 6.67. The van der Waals surface area contributed by atoms with Crippen LogP contribution in [0.3, 0.4) is 0 Å². The summed E-state index contributed by atoms with van der Waals surface area (Å²) in [6.07, 6.45) is 1.18. The molecule has 1 unspecified atom stereocenters. The number of anilines is 1. The number of nitrogens with one attached hydrogen (secondary N) is 1. The first-order chi connectivity index (χ1) is 8.39. The van der Waals surface area contributed by atoms with Crippen LogP contribution in [0.2, 0.25) is 0 Å². The third kappa shape index (κ3) is 3.07. The number of hydrogen-bond donors (Lipinski definition) is 1. The van der Waals surface area contributed by atoms with Gasteiger partial charge in [-0.1, -0.05) is 6.07 Å². The molecule has 1 heterocycles. The Morgan fingerprint density at radius 2 is 2.11 bits per heavy atom. The van der Waals surface area contributed by atoms with Crippen LogP contribution in [0.5, 0.6) is 0 Å². The topological polar surface area (TPSA) is 15.3 Å². The van der Waals surface area contributed by atoms with E-state index in [2.05, 4.69) is 72.0 Å². The molecule has 0 aromatic heterocycles. The first kappa shape index (κ1) is 13.9. The van der Waals surface area contributed by atoms with Gasteiger partial charge in [0.25, 0.3) is 0 Å². The zero-order valence-electron chi connectivity index (χ0n) is 11.8. The summed E-state index contributed by atoms with van der Waals surface area (Å²) in [5, 5.41) is 3.62. The normalized spacial score (nSPS) is 23.8. The van der Waals surface area contributed by atoms with Crippen LogP contribution in [-0.2, 0) is 0 Å². The van der Waals surface area contributed by atoms with Crippen molar-refractivity contribution >= 4 is 21.6 Å².